The molecule has 0 radical (unpaired) electrons. The average molecular weight is 353 g/mol. The third-order valence-corrected chi connectivity index (χ3v) is 3.12. The van der Waals surface area contributed by atoms with Crippen molar-refractivity contribution in [2.24, 2.45) is 0 Å². The number of amides is 1. The van der Waals surface area contributed by atoms with E-state index in [4.69, 9.17) is 18.9 Å². The highest BCUT2D eigenvalue weighted by atomic mass is 16.7. The maximum Gasteiger partial charge on any atom is 0.407 e. The van der Waals surface area contributed by atoms with Gasteiger partial charge in [0.15, 0.2) is 6.29 Å². The van der Waals surface area contributed by atoms with Crippen LogP contribution in [0, 0.1) is 0 Å². The number of carbonyl (C=O) groups is 2. The summed E-state index contributed by atoms with van der Waals surface area (Å²) in [6.45, 7) is 5.43. The molecule has 0 aromatic heterocycles. The number of esters is 1. The third-order valence-electron chi connectivity index (χ3n) is 3.12. The highest BCUT2D eigenvalue weighted by molar-refractivity contribution is 5.73. The standard InChI is InChI=1S/C18H27NO6/c1-18(2,3)25-15(20)11-14(16(22-4)23-5)19-17(21)24-12-13-9-7-6-8-10-13/h6-10,14,16H,11-12H2,1-5H3,(H,19,21)/t14-/m1/s1. The molecular weight excluding hydrogens is 326 g/mol. The summed E-state index contributed by atoms with van der Waals surface area (Å²) in [4.78, 5) is 24.1. The Morgan fingerprint density at radius 3 is 2.20 bits per heavy atom. The van der Waals surface area contributed by atoms with Crippen molar-refractivity contribution < 1.29 is 28.5 Å². The summed E-state index contributed by atoms with van der Waals surface area (Å²) in [6, 6.07) is 8.54. The van der Waals surface area contributed by atoms with Crippen LogP contribution in [0.5, 0.6) is 0 Å². The summed E-state index contributed by atoms with van der Waals surface area (Å²) < 4.78 is 20.8. The quantitative estimate of drug-likeness (QED) is 0.571. The van der Waals surface area contributed by atoms with Crippen molar-refractivity contribution in [2.75, 3.05) is 14.2 Å². The lowest BCUT2D eigenvalue weighted by Gasteiger charge is -2.26. The Kier molecular flexibility index (Phi) is 8.37. The minimum Gasteiger partial charge on any atom is -0.460 e. The molecule has 1 amide bonds. The summed E-state index contributed by atoms with van der Waals surface area (Å²) in [7, 11) is 2.85. The number of alkyl carbamates (subject to hydrolysis) is 1. The van der Waals surface area contributed by atoms with Gasteiger partial charge in [-0.15, -0.1) is 0 Å². The second-order valence-electron chi connectivity index (χ2n) is 6.44. The first-order valence-corrected chi connectivity index (χ1v) is 8.00. The van der Waals surface area contributed by atoms with E-state index in [1.54, 1.807) is 20.8 Å². The molecule has 0 saturated heterocycles. The number of hydrogen-bond acceptors (Lipinski definition) is 6. The SMILES string of the molecule is COC(OC)[C@@H](CC(=O)OC(C)(C)C)NC(=O)OCc1ccccc1. The van der Waals surface area contributed by atoms with E-state index in [0.717, 1.165) is 5.56 Å². The van der Waals surface area contributed by atoms with Crippen LogP contribution in [-0.2, 0) is 30.3 Å². The molecule has 0 fully saturated rings. The second kappa shape index (κ2) is 10.0. The molecule has 0 saturated carbocycles. The van der Waals surface area contributed by atoms with Gasteiger partial charge < -0.3 is 24.3 Å². The summed E-state index contributed by atoms with van der Waals surface area (Å²) in [5.74, 6) is -0.472. The lowest BCUT2D eigenvalue weighted by molar-refractivity contribution is -0.162. The molecule has 1 N–H and O–H groups in total. The van der Waals surface area contributed by atoms with E-state index in [9.17, 15) is 9.59 Å². The molecule has 0 spiro atoms. The Labute approximate surface area is 148 Å². The Morgan fingerprint density at radius 1 is 1.08 bits per heavy atom. The van der Waals surface area contributed by atoms with Crippen LogP contribution >= 0.6 is 0 Å². The third kappa shape index (κ3) is 8.51. The van der Waals surface area contributed by atoms with Gasteiger partial charge in [-0.3, -0.25) is 4.79 Å². The van der Waals surface area contributed by atoms with Crippen molar-refractivity contribution >= 4 is 12.1 Å². The number of benzene rings is 1. The van der Waals surface area contributed by atoms with E-state index in [-0.39, 0.29) is 13.0 Å². The summed E-state index contributed by atoms with van der Waals surface area (Å²) in [5.41, 5.74) is 0.238. The lowest BCUT2D eigenvalue weighted by Crippen LogP contribution is -2.47. The smallest absolute Gasteiger partial charge is 0.407 e. The average Bonchev–Trinajstić information content (AvgIpc) is 2.53. The molecule has 0 aliphatic heterocycles. The van der Waals surface area contributed by atoms with E-state index >= 15 is 0 Å². The number of hydrogen-bond donors (Lipinski definition) is 1. The molecule has 1 atom stereocenters. The first kappa shape index (κ1) is 20.9. The number of ether oxygens (including phenoxy) is 4. The largest absolute Gasteiger partial charge is 0.460 e. The minimum absolute atomic E-state index is 0.107. The maximum absolute atomic E-state index is 12.0. The van der Waals surface area contributed by atoms with Gasteiger partial charge in [0.1, 0.15) is 12.2 Å². The molecule has 0 aliphatic rings. The number of nitrogens with one attached hydrogen (secondary N) is 1. The van der Waals surface area contributed by atoms with E-state index in [1.165, 1.54) is 14.2 Å². The Balaban J connectivity index is 2.63. The van der Waals surface area contributed by atoms with Crippen LogP contribution in [0.2, 0.25) is 0 Å². The Hall–Kier alpha value is -2.12. The highest BCUT2D eigenvalue weighted by Crippen LogP contribution is 2.12. The van der Waals surface area contributed by atoms with Gasteiger partial charge in [0.05, 0.1) is 12.5 Å². The molecule has 1 rings (SSSR count). The summed E-state index contributed by atoms with van der Waals surface area (Å²) in [6.07, 6.45) is -1.59. The van der Waals surface area contributed by atoms with Crippen molar-refractivity contribution in [3.05, 3.63) is 35.9 Å². The van der Waals surface area contributed by atoms with Gasteiger partial charge in [-0.1, -0.05) is 30.3 Å². The zero-order valence-corrected chi connectivity index (χ0v) is 15.4. The van der Waals surface area contributed by atoms with Gasteiger partial charge in [-0.25, -0.2) is 4.79 Å². The van der Waals surface area contributed by atoms with Crippen LogP contribution in [0.3, 0.4) is 0 Å². The second-order valence-corrected chi connectivity index (χ2v) is 6.44. The monoisotopic (exact) mass is 353 g/mol. The molecule has 0 heterocycles. The molecule has 140 valence electrons. The molecule has 7 nitrogen and oxygen atoms in total. The highest BCUT2D eigenvalue weighted by Gasteiger charge is 2.29. The van der Waals surface area contributed by atoms with Crippen LogP contribution in [0.25, 0.3) is 0 Å². The van der Waals surface area contributed by atoms with Crippen LogP contribution in [0.4, 0.5) is 4.79 Å². The lowest BCUT2D eigenvalue weighted by atomic mass is 10.1. The predicted molar refractivity (Wildman–Crippen MR) is 91.8 cm³/mol. The van der Waals surface area contributed by atoms with Gasteiger partial charge in [-0.2, -0.15) is 0 Å². The molecule has 0 unspecified atom stereocenters. The van der Waals surface area contributed by atoms with E-state index in [1.807, 2.05) is 30.3 Å². The molecule has 0 aliphatic carbocycles. The summed E-state index contributed by atoms with van der Waals surface area (Å²) >= 11 is 0. The van der Waals surface area contributed by atoms with Gasteiger partial charge in [-0.05, 0) is 26.3 Å². The van der Waals surface area contributed by atoms with Gasteiger partial charge in [0.25, 0.3) is 0 Å². The van der Waals surface area contributed by atoms with Crippen molar-refractivity contribution in [1.29, 1.82) is 0 Å². The van der Waals surface area contributed by atoms with Gasteiger partial charge in [0, 0.05) is 14.2 Å². The van der Waals surface area contributed by atoms with Crippen molar-refractivity contribution in [1.82, 2.24) is 5.32 Å². The van der Waals surface area contributed by atoms with Crippen molar-refractivity contribution in [3.8, 4) is 0 Å². The van der Waals surface area contributed by atoms with Crippen LogP contribution in [0.15, 0.2) is 30.3 Å². The number of methoxy groups -OCH3 is 2. The van der Waals surface area contributed by atoms with E-state index in [2.05, 4.69) is 5.32 Å². The van der Waals surface area contributed by atoms with Crippen molar-refractivity contribution in [3.63, 3.8) is 0 Å². The molecule has 0 bridgehead atoms. The van der Waals surface area contributed by atoms with Gasteiger partial charge in [0.2, 0.25) is 0 Å². The van der Waals surface area contributed by atoms with Crippen LogP contribution in [-0.4, -0.2) is 44.2 Å². The van der Waals surface area contributed by atoms with Crippen LogP contribution in [0.1, 0.15) is 32.8 Å². The fourth-order valence-electron chi connectivity index (χ4n) is 2.12. The number of rotatable bonds is 8. The van der Waals surface area contributed by atoms with Crippen molar-refractivity contribution in [2.45, 2.75) is 51.7 Å². The zero-order valence-electron chi connectivity index (χ0n) is 15.4. The van der Waals surface area contributed by atoms with Gasteiger partial charge >= 0.3 is 12.1 Å². The fourth-order valence-corrected chi connectivity index (χ4v) is 2.12. The first-order valence-electron chi connectivity index (χ1n) is 8.00. The topological polar surface area (TPSA) is 83.1 Å². The molecular formula is C18H27NO6. The maximum atomic E-state index is 12.0. The molecule has 1 aromatic rings. The predicted octanol–water partition coefficient (Wildman–Crippen LogP) is 2.63. The minimum atomic E-state index is -0.809. The first-order chi connectivity index (χ1) is 11.7. The van der Waals surface area contributed by atoms with Crippen LogP contribution < -0.4 is 5.32 Å². The summed E-state index contributed by atoms with van der Waals surface area (Å²) in [5, 5.41) is 2.59. The number of carbonyl (C=O) groups excluding carboxylic acids is 2. The Morgan fingerprint density at radius 2 is 1.68 bits per heavy atom. The fraction of sp³-hybridized carbons (Fsp3) is 0.556. The van der Waals surface area contributed by atoms with E-state index < -0.39 is 30.0 Å². The Bertz CT molecular complexity index is 536. The molecule has 25 heavy (non-hydrogen) atoms. The molecule has 1 aromatic carbocycles. The van der Waals surface area contributed by atoms with E-state index in [0.29, 0.717) is 0 Å². The molecule has 7 heteroatoms. The zero-order chi connectivity index (χ0) is 18.9. The normalized spacial score (nSPS) is 12.6.